The van der Waals surface area contributed by atoms with Crippen molar-refractivity contribution in [2.24, 2.45) is 0 Å². The van der Waals surface area contributed by atoms with Crippen molar-refractivity contribution in [3.05, 3.63) is 200 Å². The standard InChI is InChI=1S/C56H43BN2SSi/c1-6-19-38(20-7-1)40-33-34-50-45(35-40)54-56(60-50)57-46-29-18-32-52-55(46)59(47-30-16-17-31-51(47)61(52,43-25-12-4-13-26-43)44-27-14-5-15-28-44)49-37-41(39-21-8-2-9-22-39)36-48(53(49)57)58(54)42-23-10-3-11-24-42/h1,3-7,10-20,23-37,39H,2,8-9,21-22H2. The van der Waals surface area contributed by atoms with Crippen molar-refractivity contribution in [3.63, 3.8) is 0 Å². The second kappa shape index (κ2) is 13.8. The average molecular weight is 815 g/mol. The first-order valence-corrected chi connectivity index (χ1v) is 24.9. The van der Waals surface area contributed by atoms with Gasteiger partial charge in [-0.3, -0.25) is 0 Å². The van der Waals surface area contributed by atoms with E-state index < -0.39 is 8.07 Å². The molecule has 1 aromatic heterocycles. The highest BCUT2D eigenvalue weighted by atomic mass is 32.1. The summed E-state index contributed by atoms with van der Waals surface area (Å²) >= 11 is 2.00. The minimum atomic E-state index is -2.82. The molecule has 0 unspecified atom stereocenters. The topological polar surface area (TPSA) is 6.48 Å². The zero-order valence-corrected chi connectivity index (χ0v) is 35.8. The third-order valence-corrected chi connectivity index (χ3v) is 20.3. The summed E-state index contributed by atoms with van der Waals surface area (Å²) < 4.78 is 2.77. The second-order valence-electron chi connectivity index (χ2n) is 17.4. The largest absolute Gasteiger partial charge is 0.312 e. The van der Waals surface area contributed by atoms with Crippen LogP contribution in [0.2, 0.25) is 0 Å². The first kappa shape index (κ1) is 35.4. The molecule has 61 heavy (non-hydrogen) atoms. The smallest absolute Gasteiger partial charge is 0.264 e. The molecule has 0 amide bonds. The fraction of sp³-hybridized carbons (Fsp3) is 0.107. The zero-order chi connectivity index (χ0) is 40.1. The Labute approximate surface area is 363 Å². The maximum Gasteiger partial charge on any atom is 0.264 e. The molecule has 4 heterocycles. The van der Waals surface area contributed by atoms with Gasteiger partial charge in [0.2, 0.25) is 0 Å². The van der Waals surface area contributed by atoms with Crippen LogP contribution in [-0.2, 0) is 0 Å². The van der Waals surface area contributed by atoms with Gasteiger partial charge in [0, 0.05) is 43.3 Å². The molecule has 0 radical (unpaired) electrons. The van der Waals surface area contributed by atoms with E-state index in [0.717, 1.165) is 0 Å². The quantitative estimate of drug-likeness (QED) is 0.160. The van der Waals surface area contributed by atoms with E-state index in [0.29, 0.717) is 5.92 Å². The molecule has 0 N–H and O–H groups in total. The van der Waals surface area contributed by atoms with Crippen molar-refractivity contribution in [1.82, 2.24) is 0 Å². The summed E-state index contributed by atoms with van der Waals surface area (Å²) in [5, 5.41) is 7.13. The first-order chi connectivity index (χ1) is 30.3. The molecule has 4 aliphatic rings. The molecule has 9 aromatic rings. The van der Waals surface area contributed by atoms with Crippen LogP contribution in [0.25, 0.3) is 21.2 Å². The van der Waals surface area contributed by atoms with E-state index >= 15 is 0 Å². The highest BCUT2D eigenvalue weighted by Crippen LogP contribution is 2.50. The zero-order valence-electron chi connectivity index (χ0n) is 34.0. The van der Waals surface area contributed by atoms with E-state index in [1.807, 2.05) is 11.3 Å². The number of rotatable bonds is 5. The van der Waals surface area contributed by atoms with Gasteiger partial charge in [-0.1, -0.05) is 171 Å². The number of hydrogen-bond acceptors (Lipinski definition) is 3. The first-order valence-electron chi connectivity index (χ1n) is 22.1. The molecule has 1 fully saturated rings. The monoisotopic (exact) mass is 814 g/mol. The van der Waals surface area contributed by atoms with Gasteiger partial charge in [0.1, 0.15) is 0 Å². The number of para-hydroxylation sites is 3. The number of benzene rings is 8. The summed E-state index contributed by atoms with van der Waals surface area (Å²) in [6.07, 6.45) is 6.42. The van der Waals surface area contributed by atoms with Crippen LogP contribution in [0, 0.1) is 0 Å². The van der Waals surface area contributed by atoms with Crippen LogP contribution in [0.5, 0.6) is 0 Å². The third-order valence-electron chi connectivity index (χ3n) is 14.3. The molecule has 0 saturated heterocycles. The van der Waals surface area contributed by atoms with E-state index in [2.05, 4.69) is 204 Å². The minimum Gasteiger partial charge on any atom is -0.312 e. The lowest BCUT2D eigenvalue weighted by Crippen LogP contribution is -2.78. The lowest BCUT2D eigenvalue weighted by Gasteiger charge is -2.50. The normalized spacial score (nSPS) is 15.8. The molecule has 8 aromatic carbocycles. The van der Waals surface area contributed by atoms with E-state index in [1.165, 1.54) is 129 Å². The molecule has 1 saturated carbocycles. The van der Waals surface area contributed by atoms with Crippen molar-refractivity contribution in [2.75, 3.05) is 9.80 Å². The summed E-state index contributed by atoms with van der Waals surface area (Å²) in [4.78, 5) is 5.38. The van der Waals surface area contributed by atoms with E-state index in [1.54, 1.807) is 0 Å². The van der Waals surface area contributed by atoms with Crippen LogP contribution in [0.4, 0.5) is 34.1 Å². The minimum absolute atomic E-state index is 0.0765. The van der Waals surface area contributed by atoms with Crippen molar-refractivity contribution in [2.45, 2.75) is 38.0 Å². The molecule has 3 aliphatic heterocycles. The van der Waals surface area contributed by atoms with Gasteiger partial charge in [-0.15, -0.1) is 11.3 Å². The number of fused-ring (bicyclic) bond motifs is 8. The molecule has 0 atom stereocenters. The van der Waals surface area contributed by atoms with Gasteiger partial charge in [0.25, 0.3) is 6.71 Å². The number of thiophene rings is 1. The summed E-state index contributed by atoms with van der Waals surface area (Å²) in [5.41, 5.74) is 14.8. The van der Waals surface area contributed by atoms with Crippen LogP contribution in [0.1, 0.15) is 43.6 Å². The summed E-state index contributed by atoms with van der Waals surface area (Å²) in [6, 6.07) is 74.4. The lowest BCUT2D eigenvalue weighted by atomic mass is 9.36. The fourth-order valence-corrected chi connectivity index (χ4v) is 18.2. The highest BCUT2D eigenvalue weighted by molar-refractivity contribution is 7.34. The molecule has 0 spiro atoms. The van der Waals surface area contributed by atoms with Crippen molar-refractivity contribution in [3.8, 4) is 11.1 Å². The van der Waals surface area contributed by atoms with Gasteiger partial charge >= 0.3 is 0 Å². The summed E-state index contributed by atoms with van der Waals surface area (Å²) in [7, 11) is -2.82. The molecule has 1 aliphatic carbocycles. The van der Waals surface area contributed by atoms with Gasteiger partial charge in [-0.2, -0.15) is 0 Å². The third kappa shape index (κ3) is 5.08. The molecule has 290 valence electrons. The maximum atomic E-state index is 2.73. The summed E-state index contributed by atoms with van der Waals surface area (Å²) in [6.45, 7) is 0.0765. The van der Waals surface area contributed by atoms with Crippen LogP contribution in [-0.4, -0.2) is 14.8 Å². The van der Waals surface area contributed by atoms with Crippen molar-refractivity contribution >= 4 is 107 Å². The Bertz CT molecular complexity index is 3100. The van der Waals surface area contributed by atoms with Gasteiger partial charge in [-0.05, 0) is 110 Å². The highest BCUT2D eigenvalue weighted by Gasteiger charge is 2.54. The van der Waals surface area contributed by atoms with Crippen molar-refractivity contribution < 1.29 is 0 Å². The predicted octanol–water partition coefficient (Wildman–Crippen LogP) is 10.4. The Morgan fingerprint density at radius 1 is 0.492 bits per heavy atom. The maximum absolute atomic E-state index is 2.82. The molecule has 0 bridgehead atoms. The molecular formula is C56H43BN2SSi. The Kier molecular flexibility index (Phi) is 8.01. The van der Waals surface area contributed by atoms with E-state index in [9.17, 15) is 0 Å². The second-order valence-corrected chi connectivity index (χ2v) is 22.2. The lowest BCUT2D eigenvalue weighted by molar-refractivity contribution is 0.444. The number of hydrogen-bond donors (Lipinski definition) is 0. The molecule has 13 rings (SSSR count). The number of nitrogens with zero attached hydrogens (tertiary/aromatic N) is 2. The molecule has 2 nitrogen and oxygen atoms in total. The van der Waals surface area contributed by atoms with E-state index in [4.69, 9.17) is 0 Å². The van der Waals surface area contributed by atoms with Crippen LogP contribution in [0.15, 0.2) is 194 Å². The molecular weight excluding hydrogens is 772 g/mol. The van der Waals surface area contributed by atoms with Crippen LogP contribution < -0.4 is 46.2 Å². The summed E-state index contributed by atoms with van der Waals surface area (Å²) in [5.74, 6) is 0.537. The Balaban J connectivity index is 1.18. The van der Waals surface area contributed by atoms with E-state index in [-0.39, 0.29) is 6.71 Å². The SMILES string of the molecule is c1ccc(-c2ccc3sc4c(c3c2)N(c2ccccc2)c2cc(C3CCCCC3)cc3c2B4c2cccc4c2N3c2ccccc2[Si]4(c2ccccc2)c2ccccc2)cc1. The Hall–Kier alpha value is -6.40. The van der Waals surface area contributed by atoms with Gasteiger partial charge in [0.05, 0.1) is 5.69 Å². The predicted molar refractivity (Wildman–Crippen MR) is 264 cm³/mol. The van der Waals surface area contributed by atoms with Crippen LogP contribution >= 0.6 is 11.3 Å². The van der Waals surface area contributed by atoms with Gasteiger partial charge < -0.3 is 9.80 Å². The van der Waals surface area contributed by atoms with Gasteiger partial charge in [-0.25, -0.2) is 0 Å². The average Bonchev–Trinajstić information content (AvgIpc) is 3.72. The van der Waals surface area contributed by atoms with Crippen molar-refractivity contribution in [1.29, 1.82) is 0 Å². The van der Waals surface area contributed by atoms with Crippen LogP contribution in [0.3, 0.4) is 0 Å². The van der Waals surface area contributed by atoms with Gasteiger partial charge in [0.15, 0.2) is 8.07 Å². The fourth-order valence-electron chi connectivity index (χ4n) is 11.7. The Morgan fingerprint density at radius 3 is 1.84 bits per heavy atom. The Morgan fingerprint density at radius 2 is 1.11 bits per heavy atom. The number of anilines is 6. The molecule has 5 heteroatoms.